The van der Waals surface area contributed by atoms with Gasteiger partial charge in [0.25, 0.3) is 0 Å². The molecular weight excluding hydrogens is 449 g/mol. The van der Waals surface area contributed by atoms with Crippen LogP contribution in [0.3, 0.4) is 0 Å². The molecule has 2 aliphatic rings. The number of rotatable bonds is 6. The fourth-order valence-corrected chi connectivity index (χ4v) is 5.52. The van der Waals surface area contributed by atoms with E-state index < -0.39 is 0 Å². The van der Waals surface area contributed by atoms with Crippen molar-refractivity contribution in [1.82, 2.24) is 5.32 Å². The highest BCUT2D eigenvalue weighted by Crippen LogP contribution is 2.36. The van der Waals surface area contributed by atoms with Gasteiger partial charge in [0.1, 0.15) is 5.82 Å². The van der Waals surface area contributed by atoms with Crippen LogP contribution in [-0.4, -0.2) is 11.7 Å². The number of hydrogen-bond donors (Lipinski definition) is 1. The van der Waals surface area contributed by atoms with E-state index in [1.54, 1.807) is 6.07 Å². The van der Waals surface area contributed by atoms with Crippen LogP contribution < -0.4 is 5.32 Å². The van der Waals surface area contributed by atoms with Crippen LogP contribution in [0.4, 0.5) is 4.39 Å². The summed E-state index contributed by atoms with van der Waals surface area (Å²) in [5.41, 5.74) is 0.887. The number of hydrogen-bond acceptors (Lipinski definition) is 2. The highest BCUT2D eigenvalue weighted by atomic mass is 79.9. The number of amides is 1. The van der Waals surface area contributed by atoms with Crippen molar-refractivity contribution < 1.29 is 9.18 Å². The minimum atomic E-state index is -0.339. The number of benzene rings is 1. The molecule has 1 fully saturated rings. The molecular formula is C21H24BrClFNOS. The van der Waals surface area contributed by atoms with Crippen molar-refractivity contribution in [2.24, 2.45) is 11.8 Å². The summed E-state index contributed by atoms with van der Waals surface area (Å²) >= 11 is 10.7. The van der Waals surface area contributed by atoms with Crippen molar-refractivity contribution in [3.8, 4) is 0 Å². The summed E-state index contributed by atoms with van der Waals surface area (Å²) in [6.07, 6.45) is 13.8. The van der Waals surface area contributed by atoms with Crippen LogP contribution in [0.15, 0.2) is 45.4 Å². The monoisotopic (exact) mass is 471 g/mol. The zero-order chi connectivity index (χ0) is 19.2. The summed E-state index contributed by atoms with van der Waals surface area (Å²) < 4.78 is 14.9. The first-order valence-corrected chi connectivity index (χ1v) is 11.6. The normalized spacial score (nSPS) is 18.9. The minimum absolute atomic E-state index is 0.0561. The van der Waals surface area contributed by atoms with Gasteiger partial charge in [0.15, 0.2) is 0 Å². The molecule has 1 atom stereocenters. The molecule has 0 aliphatic heterocycles. The molecule has 0 radical (unpaired) electrons. The first-order valence-electron chi connectivity index (χ1n) is 9.49. The summed E-state index contributed by atoms with van der Waals surface area (Å²) in [5.74, 6) is 0.520. The highest BCUT2D eigenvalue weighted by Gasteiger charge is 2.30. The molecule has 2 nitrogen and oxygen atoms in total. The first-order chi connectivity index (χ1) is 13.0. The van der Waals surface area contributed by atoms with Crippen molar-refractivity contribution in [2.45, 2.75) is 49.8 Å². The molecule has 1 amide bonds. The molecule has 0 aromatic heterocycles. The van der Waals surface area contributed by atoms with E-state index in [4.69, 9.17) is 11.6 Å². The van der Waals surface area contributed by atoms with E-state index in [0.717, 1.165) is 31.4 Å². The number of halogens is 3. The second-order valence-electron chi connectivity index (χ2n) is 7.14. The van der Waals surface area contributed by atoms with Gasteiger partial charge in [-0.2, -0.15) is 0 Å². The Kier molecular flexibility index (Phi) is 7.86. The summed E-state index contributed by atoms with van der Waals surface area (Å²) in [6, 6.07) is 3.02. The average Bonchev–Trinajstić information content (AvgIpc) is 2.67. The molecule has 1 aromatic rings. The smallest absolute Gasteiger partial charge is 0.228 e. The number of carbonyl (C=O) groups excluding carboxylic acids is 1. The van der Waals surface area contributed by atoms with Gasteiger partial charge >= 0.3 is 0 Å². The van der Waals surface area contributed by atoms with Crippen LogP contribution in [0.1, 0.15) is 44.9 Å². The minimum Gasteiger partial charge on any atom is -0.326 e. The van der Waals surface area contributed by atoms with Gasteiger partial charge in [-0.25, -0.2) is 4.39 Å². The van der Waals surface area contributed by atoms with E-state index >= 15 is 0 Å². The SMILES string of the molecule is O=C(NC1=CCCC=C1)C(CSc1cc(Br)c(Cl)cc1F)C1CCCCC1. The molecule has 146 valence electrons. The maximum absolute atomic E-state index is 14.3. The van der Waals surface area contributed by atoms with Crippen LogP contribution >= 0.6 is 39.3 Å². The second-order valence-corrected chi connectivity index (χ2v) is 9.46. The molecule has 27 heavy (non-hydrogen) atoms. The van der Waals surface area contributed by atoms with Gasteiger partial charge in [-0.15, -0.1) is 11.8 Å². The highest BCUT2D eigenvalue weighted by molar-refractivity contribution is 9.10. The number of nitrogens with one attached hydrogen (secondary N) is 1. The first kappa shape index (κ1) is 20.9. The summed E-state index contributed by atoms with van der Waals surface area (Å²) in [4.78, 5) is 13.5. The van der Waals surface area contributed by atoms with Crippen molar-refractivity contribution in [1.29, 1.82) is 0 Å². The van der Waals surface area contributed by atoms with Crippen LogP contribution in [0.2, 0.25) is 5.02 Å². The van der Waals surface area contributed by atoms with Gasteiger partial charge < -0.3 is 5.32 Å². The molecule has 2 aliphatic carbocycles. The van der Waals surface area contributed by atoms with Gasteiger partial charge in [0.05, 0.1) is 10.9 Å². The second kappa shape index (κ2) is 10.1. The molecule has 1 N–H and O–H groups in total. The molecule has 6 heteroatoms. The lowest BCUT2D eigenvalue weighted by Gasteiger charge is -2.29. The number of carbonyl (C=O) groups is 1. The third-order valence-electron chi connectivity index (χ3n) is 5.21. The molecule has 3 rings (SSSR count). The van der Waals surface area contributed by atoms with Crippen LogP contribution in [0, 0.1) is 17.7 Å². The van der Waals surface area contributed by atoms with Crippen molar-refractivity contribution in [2.75, 3.05) is 5.75 Å². The Bertz CT molecular complexity index is 746. The van der Waals surface area contributed by atoms with E-state index in [9.17, 15) is 9.18 Å². The fourth-order valence-electron chi connectivity index (χ4n) is 3.70. The predicted octanol–water partition coefficient (Wildman–Crippen LogP) is 6.88. The third-order valence-corrected chi connectivity index (χ3v) is 7.56. The third kappa shape index (κ3) is 5.85. The van der Waals surface area contributed by atoms with Gasteiger partial charge in [0, 0.05) is 20.8 Å². The maximum Gasteiger partial charge on any atom is 0.228 e. The Labute approximate surface area is 178 Å². The lowest BCUT2D eigenvalue weighted by Crippen LogP contribution is -2.36. The van der Waals surface area contributed by atoms with Gasteiger partial charge in [-0.3, -0.25) is 4.79 Å². The van der Waals surface area contributed by atoms with Crippen molar-refractivity contribution in [3.63, 3.8) is 0 Å². The topological polar surface area (TPSA) is 29.1 Å². The van der Waals surface area contributed by atoms with E-state index in [1.165, 1.54) is 37.1 Å². The van der Waals surface area contributed by atoms with E-state index in [0.29, 0.717) is 26.1 Å². The summed E-state index contributed by atoms with van der Waals surface area (Å²) in [7, 11) is 0. The maximum atomic E-state index is 14.3. The molecule has 0 bridgehead atoms. The largest absolute Gasteiger partial charge is 0.326 e. The molecule has 0 heterocycles. The molecule has 0 saturated heterocycles. The Hall–Kier alpha value is -0.780. The van der Waals surface area contributed by atoms with E-state index in [-0.39, 0.29) is 17.6 Å². The van der Waals surface area contributed by atoms with E-state index in [2.05, 4.69) is 33.4 Å². The summed E-state index contributed by atoms with van der Waals surface area (Å²) in [5, 5.41) is 3.44. The van der Waals surface area contributed by atoms with Crippen LogP contribution in [0.5, 0.6) is 0 Å². The number of allylic oxidation sites excluding steroid dienone is 3. The standard InChI is InChI=1S/C21H24BrClFNOS/c22-17-11-20(19(24)12-18(17)23)27-13-16(14-7-3-1-4-8-14)21(26)25-15-9-5-2-6-10-15/h5,9-12,14,16H,1-4,6-8,13H2,(H,25,26). The van der Waals surface area contributed by atoms with Crippen molar-refractivity contribution in [3.05, 3.63) is 51.4 Å². The lowest BCUT2D eigenvalue weighted by molar-refractivity contribution is -0.125. The van der Waals surface area contributed by atoms with E-state index in [1.807, 2.05) is 6.08 Å². The lowest BCUT2D eigenvalue weighted by atomic mass is 9.80. The molecule has 1 saturated carbocycles. The van der Waals surface area contributed by atoms with Gasteiger partial charge in [0.2, 0.25) is 5.91 Å². The zero-order valence-electron chi connectivity index (χ0n) is 15.1. The molecule has 1 unspecified atom stereocenters. The van der Waals surface area contributed by atoms with Crippen LogP contribution in [0.25, 0.3) is 0 Å². The van der Waals surface area contributed by atoms with Crippen molar-refractivity contribution >= 4 is 45.2 Å². The fraction of sp³-hybridized carbons (Fsp3) is 0.476. The Morgan fingerprint density at radius 3 is 2.78 bits per heavy atom. The Balaban J connectivity index is 1.71. The van der Waals surface area contributed by atoms with Crippen LogP contribution in [-0.2, 0) is 4.79 Å². The Morgan fingerprint density at radius 1 is 1.30 bits per heavy atom. The quantitative estimate of drug-likeness (QED) is 0.361. The average molecular weight is 473 g/mol. The summed E-state index contributed by atoms with van der Waals surface area (Å²) in [6.45, 7) is 0. The van der Waals surface area contributed by atoms with Gasteiger partial charge in [-0.1, -0.05) is 43.0 Å². The zero-order valence-corrected chi connectivity index (χ0v) is 18.3. The number of thioether (sulfide) groups is 1. The molecule has 0 spiro atoms. The van der Waals surface area contributed by atoms with Gasteiger partial charge in [-0.05, 0) is 65.7 Å². The Morgan fingerprint density at radius 2 is 2.07 bits per heavy atom. The molecule has 1 aromatic carbocycles. The predicted molar refractivity (Wildman–Crippen MR) is 114 cm³/mol.